The van der Waals surface area contributed by atoms with Gasteiger partial charge in [0.15, 0.2) is 0 Å². The first-order chi connectivity index (χ1) is 22.7. The van der Waals surface area contributed by atoms with Gasteiger partial charge in [-0.25, -0.2) is 4.98 Å². The Labute approximate surface area is 269 Å². The monoisotopic (exact) mass is 590 g/mol. The number of imidazole rings is 1. The minimum atomic E-state index is 0.255. The van der Waals surface area contributed by atoms with Crippen molar-refractivity contribution in [1.29, 1.82) is 0 Å². The van der Waals surface area contributed by atoms with Gasteiger partial charge in [-0.2, -0.15) is 0 Å². The Morgan fingerprint density at radius 2 is 1.37 bits per heavy atom. The van der Waals surface area contributed by atoms with Gasteiger partial charge in [-0.3, -0.25) is 4.57 Å². The van der Waals surface area contributed by atoms with Gasteiger partial charge in [0.25, 0.3) is 0 Å². The summed E-state index contributed by atoms with van der Waals surface area (Å²) in [4.78, 5) is 5.10. The van der Waals surface area contributed by atoms with Gasteiger partial charge in [-0.15, -0.1) is 0 Å². The van der Waals surface area contributed by atoms with E-state index >= 15 is 0 Å². The molecule has 0 saturated carbocycles. The Balaban J connectivity index is 1.22. The third-order valence-corrected chi connectivity index (χ3v) is 9.90. The van der Waals surface area contributed by atoms with E-state index in [2.05, 4.69) is 163 Å². The molecule has 0 saturated heterocycles. The molecule has 0 spiro atoms. The molecule has 0 bridgehead atoms. The summed E-state index contributed by atoms with van der Waals surface area (Å²) >= 11 is 0. The second kappa shape index (κ2) is 10.9. The van der Waals surface area contributed by atoms with Crippen molar-refractivity contribution >= 4 is 50.4 Å². The highest BCUT2D eigenvalue weighted by Crippen LogP contribution is 2.39. The number of nitrogens with zero attached hydrogens (tertiary/aromatic N) is 2. The van der Waals surface area contributed by atoms with E-state index in [0.717, 1.165) is 35.3 Å². The van der Waals surface area contributed by atoms with Crippen LogP contribution in [0, 0.1) is 5.92 Å². The molecule has 0 fully saturated rings. The molecule has 2 heteroatoms. The van der Waals surface area contributed by atoms with Gasteiger partial charge >= 0.3 is 0 Å². The van der Waals surface area contributed by atoms with Crippen LogP contribution in [0.25, 0.3) is 72.9 Å². The molecule has 7 aromatic rings. The molecule has 1 aromatic heterocycles. The summed E-state index contributed by atoms with van der Waals surface area (Å²) in [5, 5.41) is 8.04. The summed E-state index contributed by atoms with van der Waals surface area (Å²) in [6, 6.07) is 43.7. The Hall–Kier alpha value is -5.47. The molecule has 0 amide bonds. The van der Waals surface area contributed by atoms with E-state index in [1.54, 1.807) is 0 Å². The molecule has 1 heterocycles. The summed E-state index contributed by atoms with van der Waals surface area (Å²) in [5.41, 5.74) is 8.54. The third kappa shape index (κ3) is 4.29. The van der Waals surface area contributed by atoms with Crippen molar-refractivity contribution in [1.82, 2.24) is 9.55 Å². The smallest absolute Gasteiger partial charge is 0.145 e. The second-order valence-electron chi connectivity index (χ2n) is 12.7. The summed E-state index contributed by atoms with van der Waals surface area (Å²) in [6.45, 7) is 2.38. The molecule has 2 aliphatic carbocycles. The molecule has 2 atom stereocenters. The Morgan fingerprint density at radius 3 is 2.22 bits per heavy atom. The lowest BCUT2D eigenvalue weighted by atomic mass is 9.77. The zero-order valence-corrected chi connectivity index (χ0v) is 25.9. The number of benzene rings is 6. The number of para-hydroxylation sites is 2. The number of allylic oxidation sites excluding steroid dienone is 4. The third-order valence-electron chi connectivity index (χ3n) is 9.90. The lowest BCUT2D eigenvalue weighted by Gasteiger charge is -2.28. The van der Waals surface area contributed by atoms with Crippen LogP contribution >= 0.6 is 0 Å². The van der Waals surface area contributed by atoms with Crippen molar-refractivity contribution in [2.75, 3.05) is 0 Å². The van der Waals surface area contributed by atoms with Crippen LogP contribution in [0.4, 0.5) is 0 Å². The van der Waals surface area contributed by atoms with E-state index in [9.17, 15) is 0 Å². The first kappa shape index (κ1) is 26.9. The predicted molar refractivity (Wildman–Crippen MR) is 195 cm³/mol. The van der Waals surface area contributed by atoms with E-state index in [1.165, 1.54) is 54.4 Å². The van der Waals surface area contributed by atoms with Crippen LogP contribution in [0.3, 0.4) is 0 Å². The van der Waals surface area contributed by atoms with E-state index in [0.29, 0.717) is 5.92 Å². The highest BCUT2D eigenvalue weighted by Gasteiger charge is 2.26. The van der Waals surface area contributed by atoms with E-state index in [-0.39, 0.29) is 5.92 Å². The fourth-order valence-electron chi connectivity index (χ4n) is 7.79. The van der Waals surface area contributed by atoms with Gasteiger partial charge in [0.1, 0.15) is 5.82 Å². The Kier molecular flexibility index (Phi) is 6.35. The average Bonchev–Trinajstić information content (AvgIpc) is 3.51. The zero-order chi connectivity index (χ0) is 30.6. The molecule has 0 aliphatic heterocycles. The molecule has 220 valence electrons. The van der Waals surface area contributed by atoms with E-state index in [4.69, 9.17) is 4.98 Å². The van der Waals surface area contributed by atoms with E-state index < -0.39 is 0 Å². The molecular formula is C44H34N2. The van der Waals surface area contributed by atoms with Crippen LogP contribution in [0.2, 0.25) is 0 Å². The van der Waals surface area contributed by atoms with Crippen molar-refractivity contribution in [3.63, 3.8) is 0 Å². The maximum absolute atomic E-state index is 5.10. The van der Waals surface area contributed by atoms with Crippen LogP contribution < -0.4 is 10.4 Å². The SMILES string of the molecule is CC1C=C(n2c(-c3ccccc3)nc3ccccc32)C=CC1c1c2c(c(-c3ccc4ccccc4c3)c3ccccc13)=CCCC=2. The van der Waals surface area contributed by atoms with E-state index in [1.807, 2.05) is 0 Å². The molecule has 0 N–H and O–H groups in total. The van der Waals surface area contributed by atoms with Crippen molar-refractivity contribution in [2.24, 2.45) is 5.92 Å². The topological polar surface area (TPSA) is 17.8 Å². The molecule has 46 heavy (non-hydrogen) atoms. The molecule has 2 nitrogen and oxygen atoms in total. The maximum Gasteiger partial charge on any atom is 0.145 e. The highest BCUT2D eigenvalue weighted by molar-refractivity contribution is 6.02. The molecular weight excluding hydrogens is 556 g/mol. The van der Waals surface area contributed by atoms with Gasteiger partial charge in [0, 0.05) is 17.2 Å². The summed E-state index contributed by atoms with van der Waals surface area (Å²) in [6.07, 6.45) is 14.4. The quantitative estimate of drug-likeness (QED) is 0.200. The number of hydrogen-bond acceptors (Lipinski definition) is 1. The maximum atomic E-state index is 5.10. The first-order valence-corrected chi connectivity index (χ1v) is 16.4. The normalized spacial score (nSPS) is 17.5. The standard InChI is InChI=1S/C44H34N2/c1-29-27-34(46-41-22-12-11-21-40(41)45-44(46)31-14-3-2-4-15-31)25-26-35(29)43-38-19-9-7-17-36(38)42(37-18-8-10-20-39(37)43)33-24-23-30-13-5-6-16-32(30)28-33/h2-7,9,11-29,35H,8,10H2,1H3. The molecule has 2 aliphatic rings. The second-order valence-corrected chi connectivity index (χ2v) is 12.7. The average molecular weight is 591 g/mol. The summed E-state index contributed by atoms with van der Waals surface area (Å²) < 4.78 is 2.34. The van der Waals surface area contributed by atoms with Crippen LogP contribution in [-0.2, 0) is 0 Å². The fourth-order valence-corrected chi connectivity index (χ4v) is 7.79. The highest BCUT2D eigenvalue weighted by atomic mass is 15.1. The minimum Gasteiger partial charge on any atom is -0.293 e. The summed E-state index contributed by atoms with van der Waals surface area (Å²) in [5.74, 6) is 1.53. The fraction of sp³-hybridized carbons (Fsp3) is 0.114. The molecule has 2 unspecified atom stereocenters. The van der Waals surface area contributed by atoms with Gasteiger partial charge in [-0.05, 0) is 91.7 Å². The molecule has 0 radical (unpaired) electrons. The van der Waals surface area contributed by atoms with Crippen LogP contribution in [0.1, 0.15) is 31.2 Å². The van der Waals surface area contributed by atoms with Gasteiger partial charge in [-0.1, -0.05) is 134 Å². The molecule has 9 rings (SSSR count). The van der Waals surface area contributed by atoms with Gasteiger partial charge in [0.2, 0.25) is 0 Å². The van der Waals surface area contributed by atoms with Gasteiger partial charge < -0.3 is 0 Å². The summed E-state index contributed by atoms with van der Waals surface area (Å²) in [7, 11) is 0. The Morgan fingerprint density at radius 1 is 0.652 bits per heavy atom. The van der Waals surface area contributed by atoms with Crippen molar-refractivity contribution in [3.05, 3.63) is 156 Å². The lowest BCUT2D eigenvalue weighted by Crippen LogP contribution is -2.35. The zero-order valence-electron chi connectivity index (χ0n) is 25.9. The van der Waals surface area contributed by atoms with Crippen LogP contribution in [0.15, 0.2) is 140 Å². The van der Waals surface area contributed by atoms with Gasteiger partial charge in [0.05, 0.1) is 11.0 Å². The first-order valence-electron chi connectivity index (χ1n) is 16.4. The predicted octanol–water partition coefficient (Wildman–Crippen LogP) is 9.86. The number of aromatic nitrogens is 2. The van der Waals surface area contributed by atoms with Crippen molar-refractivity contribution in [2.45, 2.75) is 25.7 Å². The number of rotatable bonds is 4. The number of fused-ring (bicyclic) bond motifs is 4. The van der Waals surface area contributed by atoms with Crippen LogP contribution in [-0.4, -0.2) is 9.55 Å². The Bertz CT molecular complexity index is 2490. The van der Waals surface area contributed by atoms with Crippen molar-refractivity contribution in [3.8, 4) is 22.5 Å². The van der Waals surface area contributed by atoms with Crippen LogP contribution in [0.5, 0.6) is 0 Å². The number of hydrogen-bond donors (Lipinski definition) is 0. The minimum absolute atomic E-state index is 0.255. The lowest BCUT2D eigenvalue weighted by molar-refractivity contribution is 0.635. The molecule has 6 aromatic carbocycles. The van der Waals surface area contributed by atoms with Crippen molar-refractivity contribution < 1.29 is 0 Å². The largest absolute Gasteiger partial charge is 0.293 e.